The van der Waals surface area contributed by atoms with Gasteiger partial charge in [-0.05, 0) is 17.2 Å². The minimum absolute atomic E-state index is 0.0383. The summed E-state index contributed by atoms with van der Waals surface area (Å²) in [6.45, 7) is 1.94. The van der Waals surface area contributed by atoms with E-state index in [0.29, 0.717) is 17.9 Å². The Kier molecular flexibility index (Phi) is 6.21. The summed E-state index contributed by atoms with van der Waals surface area (Å²) in [5.41, 5.74) is 2.75. The summed E-state index contributed by atoms with van der Waals surface area (Å²) in [6, 6.07) is 19.6. The Labute approximate surface area is 182 Å². The molecule has 2 aromatic heterocycles. The van der Waals surface area contributed by atoms with Gasteiger partial charge in [0, 0.05) is 29.3 Å². The summed E-state index contributed by atoms with van der Waals surface area (Å²) in [5, 5.41) is 4.54. The average molecular weight is 434 g/mol. The van der Waals surface area contributed by atoms with Crippen LogP contribution in [0.4, 0.5) is 0 Å². The molecule has 1 N–H and O–H groups in total. The number of aromatic nitrogens is 2. The minimum Gasteiger partial charge on any atom is -0.352 e. The molecule has 5 nitrogen and oxygen atoms in total. The van der Waals surface area contributed by atoms with Crippen molar-refractivity contribution in [3.63, 3.8) is 0 Å². The SMILES string of the molecule is CC(=O)NCc1ccc(C(=O)CSc2ncnc3sc(-c4ccccc4)cc23)cc1. The summed E-state index contributed by atoms with van der Waals surface area (Å²) in [4.78, 5) is 34.5. The van der Waals surface area contributed by atoms with Crippen LogP contribution in [0.3, 0.4) is 0 Å². The fourth-order valence-corrected chi connectivity index (χ4v) is 4.88. The van der Waals surface area contributed by atoms with Gasteiger partial charge in [0.1, 0.15) is 16.2 Å². The summed E-state index contributed by atoms with van der Waals surface area (Å²) in [7, 11) is 0. The Morgan fingerprint density at radius 2 is 1.80 bits per heavy atom. The predicted molar refractivity (Wildman–Crippen MR) is 122 cm³/mol. The number of hydrogen-bond acceptors (Lipinski definition) is 6. The Balaban J connectivity index is 1.46. The molecule has 0 aliphatic carbocycles. The van der Waals surface area contributed by atoms with E-state index in [0.717, 1.165) is 31.2 Å². The van der Waals surface area contributed by atoms with Crippen LogP contribution in [0.1, 0.15) is 22.8 Å². The van der Waals surface area contributed by atoms with E-state index in [9.17, 15) is 9.59 Å². The fraction of sp³-hybridized carbons (Fsp3) is 0.130. The molecule has 0 bridgehead atoms. The highest BCUT2D eigenvalue weighted by molar-refractivity contribution is 8.00. The molecule has 150 valence electrons. The Morgan fingerprint density at radius 1 is 1.03 bits per heavy atom. The van der Waals surface area contributed by atoms with Gasteiger partial charge in [0.15, 0.2) is 5.78 Å². The van der Waals surface area contributed by atoms with E-state index in [1.54, 1.807) is 29.8 Å². The molecule has 2 aromatic carbocycles. The third kappa shape index (κ3) is 4.75. The van der Waals surface area contributed by atoms with E-state index in [-0.39, 0.29) is 11.7 Å². The first-order valence-electron chi connectivity index (χ1n) is 9.39. The number of nitrogens with one attached hydrogen (secondary N) is 1. The van der Waals surface area contributed by atoms with Crippen LogP contribution in [-0.4, -0.2) is 27.4 Å². The molecular formula is C23H19N3O2S2. The van der Waals surface area contributed by atoms with Crippen LogP contribution in [0.2, 0.25) is 0 Å². The number of thioether (sulfide) groups is 1. The molecule has 0 aliphatic heterocycles. The number of nitrogens with zero attached hydrogens (tertiary/aromatic N) is 2. The molecule has 7 heteroatoms. The largest absolute Gasteiger partial charge is 0.352 e. The molecule has 0 spiro atoms. The van der Waals surface area contributed by atoms with Gasteiger partial charge in [-0.2, -0.15) is 0 Å². The van der Waals surface area contributed by atoms with Crippen LogP contribution >= 0.6 is 23.1 Å². The van der Waals surface area contributed by atoms with Crippen LogP contribution in [0.25, 0.3) is 20.7 Å². The highest BCUT2D eigenvalue weighted by Crippen LogP contribution is 2.36. The number of Topliss-reactive ketones (excluding diaryl/α,β-unsaturated/α-hetero) is 1. The van der Waals surface area contributed by atoms with Gasteiger partial charge in [0.2, 0.25) is 5.91 Å². The number of amides is 1. The third-order valence-corrected chi connectivity index (χ3v) is 6.61. The molecule has 4 rings (SSSR count). The van der Waals surface area contributed by atoms with E-state index in [4.69, 9.17) is 0 Å². The predicted octanol–water partition coefficient (Wildman–Crippen LogP) is 4.97. The number of rotatable bonds is 7. The van der Waals surface area contributed by atoms with Crippen LogP contribution in [0, 0.1) is 0 Å². The van der Waals surface area contributed by atoms with Crippen molar-refractivity contribution >= 4 is 45.0 Å². The van der Waals surface area contributed by atoms with Gasteiger partial charge < -0.3 is 5.32 Å². The van der Waals surface area contributed by atoms with Gasteiger partial charge in [-0.1, -0.05) is 66.4 Å². The number of carbonyl (C=O) groups excluding carboxylic acids is 2. The van der Waals surface area contributed by atoms with E-state index >= 15 is 0 Å². The fourth-order valence-electron chi connectivity index (χ4n) is 2.95. The molecule has 0 aliphatic rings. The smallest absolute Gasteiger partial charge is 0.217 e. The molecule has 1 amide bonds. The van der Waals surface area contributed by atoms with Gasteiger partial charge >= 0.3 is 0 Å². The summed E-state index contributed by atoms with van der Waals surface area (Å²) >= 11 is 3.05. The minimum atomic E-state index is -0.0772. The van der Waals surface area contributed by atoms with Gasteiger partial charge in [-0.15, -0.1) is 11.3 Å². The van der Waals surface area contributed by atoms with Crippen LogP contribution in [-0.2, 0) is 11.3 Å². The van der Waals surface area contributed by atoms with Crippen molar-refractivity contribution in [1.82, 2.24) is 15.3 Å². The highest BCUT2D eigenvalue weighted by Gasteiger charge is 2.13. The van der Waals surface area contributed by atoms with Crippen molar-refractivity contribution in [2.24, 2.45) is 0 Å². The van der Waals surface area contributed by atoms with Crippen molar-refractivity contribution in [2.45, 2.75) is 18.5 Å². The molecule has 0 radical (unpaired) electrons. The Hall–Kier alpha value is -3.03. The molecular weight excluding hydrogens is 414 g/mol. The Morgan fingerprint density at radius 3 is 2.53 bits per heavy atom. The maximum absolute atomic E-state index is 12.6. The Bertz CT molecular complexity index is 1190. The van der Waals surface area contributed by atoms with Crippen molar-refractivity contribution in [3.8, 4) is 10.4 Å². The maximum atomic E-state index is 12.6. The molecule has 0 unspecified atom stereocenters. The molecule has 0 saturated heterocycles. The molecule has 4 aromatic rings. The van der Waals surface area contributed by atoms with E-state index in [2.05, 4.69) is 33.5 Å². The lowest BCUT2D eigenvalue weighted by atomic mass is 10.1. The van der Waals surface area contributed by atoms with Gasteiger partial charge in [0.05, 0.1) is 5.75 Å². The lowest BCUT2D eigenvalue weighted by Crippen LogP contribution is -2.18. The number of benzene rings is 2. The molecule has 0 saturated carbocycles. The highest BCUT2D eigenvalue weighted by atomic mass is 32.2. The maximum Gasteiger partial charge on any atom is 0.217 e. The molecule has 2 heterocycles. The monoisotopic (exact) mass is 433 g/mol. The van der Waals surface area contributed by atoms with Crippen molar-refractivity contribution in [1.29, 1.82) is 0 Å². The second kappa shape index (κ2) is 9.19. The summed E-state index contributed by atoms with van der Waals surface area (Å²) in [6.07, 6.45) is 1.55. The standard InChI is InChI=1S/C23H19N3O2S2/c1-15(27)24-12-16-7-9-17(10-8-16)20(28)13-29-22-19-11-21(18-5-3-2-4-6-18)30-23(19)26-14-25-22/h2-11,14H,12-13H2,1H3,(H,24,27). The first kappa shape index (κ1) is 20.3. The zero-order valence-corrected chi connectivity index (χ0v) is 17.9. The first-order chi connectivity index (χ1) is 14.6. The number of hydrogen-bond donors (Lipinski definition) is 1. The quantitative estimate of drug-likeness (QED) is 0.253. The second-order valence-corrected chi connectivity index (χ2v) is 8.69. The zero-order valence-electron chi connectivity index (χ0n) is 16.3. The lowest BCUT2D eigenvalue weighted by Gasteiger charge is -2.05. The van der Waals surface area contributed by atoms with Gasteiger partial charge in [0.25, 0.3) is 0 Å². The number of carbonyl (C=O) groups is 2. The molecule has 0 atom stereocenters. The molecule has 30 heavy (non-hydrogen) atoms. The van der Waals surface area contributed by atoms with E-state index in [1.807, 2.05) is 30.3 Å². The van der Waals surface area contributed by atoms with Crippen LogP contribution in [0.5, 0.6) is 0 Å². The van der Waals surface area contributed by atoms with Gasteiger partial charge in [-0.25, -0.2) is 9.97 Å². The van der Waals surface area contributed by atoms with Gasteiger partial charge in [-0.3, -0.25) is 9.59 Å². The van der Waals surface area contributed by atoms with Crippen molar-refractivity contribution in [2.75, 3.05) is 5.75 Å². The van der Waals surface area contributed by atoms with Crippen molar-refractivity contribution < 1.29 is 9.59 Å². The summed E-state index contributed by atoms with van der Waals surface area (Å²) < 4.78 is 0. The lowest BCUT2D eigenvalue weighted by molar-refractivity contribution is -0.119. The molecule has 0 fully saturated rings. The zero-order chi connectivity index (χ0) is 20.9. The normalized spacial score (nSPS) is 10.8. The van der Waals surface area contributed by atoms with E-state index in [1.165, 1.54) is 18.7 Å². The van der Waals surface area contributed by atoms with E-state index < -0.39 is 0 Å². The first-order valence-corrected chi connectivity index (χ1v) is 11.2. The van der Waals surface area contributed by atoms with Crippen molar-refractivity contribution in [3.05, 3.63) is 78.1 Å². The van der Waals surface area contributed by atoms with Crippen LogP contribution in [0.15, 0.2) is 72.0 Å². The summed E-state index contributed by atoms with van der Waals surface area (Å²) in [5.74, 6) is 0.260. The second-order valence-electron chi connectivity index (χ2n) is 6.69. The third-order valence-electron chi connectivity index (χ3n) is 4.51. The number of ketones is 1. The number of thiophene rings is 1. The number of fused-ring (bicyclic) bond motifs is 1. The average Bonchev–Trinajstić information content (AvgIpc) is 3.22. The van der Waals surface area contributed by atoms with Crippen LogP contribution < -0.4 is 5.32 Å². The topological polar surface area (TPSA) is 72.0 Å².